The molecular formula is C12H15Br2NO2. The van der Waals surface area contributed by atoms with Crippen LogP contribution in [0.3, 0.4) is 0 Å². The fraction of sp³-hybridized carbons (Fsp3) is 0.417. The minimum Gasteiger partial charge on any atom is -0.384 e. The lowest BCUT2D eigenvalue weighted by Crippen LogP contribution is -2.30. The minimum absolute atomic E-state index is 0.0823. The first-order valence-electron chi connectivity index (χ1n) is 5.26. The predicted molar refractivity (Wildman–Crippen MR) is 75.2 cm³/mol. The van der Waals surface area contributed by atoms with Gasteiger partial charge in [0.15, 0.2) is 0 Å². The van der Waals surface area contributed by atoms with E-state index in [-0.39, 0.29) is 5.91 Å². The Morgan fingerprint density at radius 2 is 2.18 bits per heavy atom. The maximum atomic E-state index is 11.9. The van der Waals surface area contributed by atoms with Gasteiger partial charge in [-0.1, -0.05) is 22.9 Å². The molecule has 1 N–H and O–H groups in total. The van der Waals surface area contributed by atoms with Crippen LogP contribution in [-0.2, 0) is 4.74 Å². The fourth-order valence-corrected chi connectivity index (χ4v) is 2.16. The quantitative estimate of drug-likeness (QED) is 0.871. The van der Waals surface area contributed by atoms with Crippen LogP contribution in [0, 0.1) is 5.92 Å². The molecule has 0 spiro atoms. The lowest BCUT2D eigenvalue weighted by Gasteiger charge is -2.12. The molecule has 0 fully saturated rings. The lowest BCUT2D eigenvalue weighted by molar-refractivity contribution is 0.0933. The van der Waals surface area contributed by atoms with E-state index in [1.807, 2.05) is 19.1 Å². The number of methoxy groups -OCH3 is 1. The number of ether oxygens (including phenoxy) is 1. The van der Waals surface area contributed by atoms with Crippen LogP contribution in [0.2, 0.25) is 0 Å². The molecule has 0 aliphatic heterocycles. The van der Waals surface area contributed by atoms with Gasteiger partial charge in [-0.25, -0.2) is 0 Å². The van der Waals surface area contributed by atoms with E-state index in [2.05, 4.69) is 37.2 Å². The summed E-state index contributed by atoms with van der Waals surface area (Å²) in [5.41, 5.74) is 0.629. The molecule has 1 atom stereocenters. The highest BCUT2D eigenvalue weighted by Gasteiger charge is 2.11. The fourth-order valence-electron chi connectivity index (χ4n) is 1.38. The normalized spacial score (nSPS) is 12.2. The van der Waals surface area contributed by atoms with E-state index in [1.54, 1.807) is 13.2 Å². The first kappa shape index (κ1) is 14.7. The Labute approximate surface area is 118 Å². The summed E-state index contributed by atoms with van der Waals surface area (Å²) >= 11 is 6.71. The van der Waals surface area contributed by atoms with Crippen LogP contribution >= 0.6 is 31.9 Å². The van der Waals surface area contributed by atoms with Gasteiger partial charge in [0.25, 0.3) is 5.91 Å². The van der Waals surface area contributed by atoms with Gasteiger partial charge in [-0.2, -0.15) is 0 Å². The highest BCUT2D eigenvalue weighted by atomic mass is 79.9. The monoisotopic (exact) mass is 363 g/mol. The summed E-state index contributed by atoms with van der Waals surface area (Å²) in [6, 6.07) is 5.52. The molecule has 0 aliphatic rings. The summed E-state index contributed by atoms with van der Waals surface area (Å²) in [5.74, 6) is 0.219. The summed E-state index contributed by atoms with van der Waals surface area (Å²) in [6.45, 7) is 3.27. The van der Waals surface area contributed by atoms with Crippen molar-refractivity contribution < 1.29 is 9.53 Å². The molecule has 1 aromatic rings. The van der Waals surface area contributed by atoms with Gasteiger partial charge in [0, 0.05) is 22.6 Å². The predicted octanol–water partition coefficient (Wildman–Crippen LogP) is 3.22. The molecule has 0 heterocycles. The molecule has 0 bridgehead atoms. The molecule has 94 valence electrons. The van der Waals surface area contributed by atoms with Gasteiger partial charge in [-0.05, 0) is 40.0 Å². The average Bonchev–Trinajstić information content (AvgIpc) is 2.29. The van der Waals surface area contributed by atoms with Crippen molar-refractivity contribution in [1.29, 1.82) is 0 Å². The number of hydrogen-bond donors (Lipinski definition) is 1. The zero-order valence-electron chi connectivity index (χ0n) is 9.80. The van der Waals surface area contributed by atoms with Crippen molar-refractivity contribution in [3.05, 3.63) is 32.7 Å². The molecule has 1 unspecified atom stereocenters. The number of hydrogen-bond acceptors (Lipinski definition) is 2. The van der Waals surface area contributed by atoms with Crippen LogP contribution in [0.15, 0.2) is 27.1 Å². The van der Waals surface area contributed by atoms with E-state index in [4.69, 9.17) is 4.74 Å². The molecule has 5 heteroatoms. The molecule has 1 aromatic carbocycles. The Morgan fingerprint density at radius 3 is 2.82 bits per heavy atom. The minimum atomic E-state index is -0.0823. The van der Waals surface area contributed by atoms with Crippen LogP contribution in [0.5, 0.6) is 0 Å². The van der Waals surface area contributed by atoms with Crippen LogP contribution < -0.4 is 5.32 Å². The topological polar surface area (TPSA) is 38.3 Å². The Kier molecular flexibility index (Phi) is 6.16. The zero-order chi connectivity index (χ0) is 12.8. The van der Waals surface area contributed by atoms with Crippen LogP contribution in [-0.4, -0.2) is 26.2 Å². The molecule has 1 rings (SSSR count). The van der Waals surface area contributed by atoms with E-state index in [1.165, 1.54) is 0 Å². The zero-order valence-corrected chi connectivity index (χ0v) is 13.0. The maximum absolute atomic E-state index is 11.9. The summed E-state index contributed by atoms with van der Waals surface area (Å²) in [5, 5.41) is 2.88. The smallest absolute Gasteiger partial charge is 0.252 e. The van der Waals surface area contributed by atoms with Gasteiger partial charge in [-0.15, -0.1) is 0 Å². The molecule has 0 radical (unpaired) electrons. The maximum Gasteiger partial charge on any atom is 0.252 e. The van der Waals surface area contributed by atoms with Gasteiger partial charge in [0.05, 0.1) is 12.2 Å². The summed E-state index contributed by atoms with van der Waals surface area (Å²) in [7, 11) is 1.66. The molecule has 1 amide bonds. The summed E-state index contributed by atoms with van der Waals surface area (Å²) in [4.78, 5) is 11.9. The Hall–Kier alpha value is -0.390. The highest BCUT2D eigenvalue weighted by Crippen LogP contribution is 2.21. The number of halogens is 2. The highest BCUT2D eigenvalue weighted by molar-refractivity contribution is 9.11. The lowest BCUT2D eigenvalue weighted by atomic mass is 10.1. The van der Waals surface area contributed by atoms with Crippen molar-refractivity contribution in [3.8, 4) is 0 Å². The van der Waals surface area contributed by atoms with Gasteiger partial charge in [-0.3, -0.25) is 4.79 Å². The molecule has 0 aromatic heterocycles. The van der Waals surface area contributed by atoms with Gasteiger partial charge in [0.1, 0.15) is 0 Å². The van der Waals surface area contributed by atoms with Gasteiger partial charge in [0.2, 0.25) is 0 Å². The third-order valence-corrected chi connectivity index (χ3v) is 3.42. The third kappa shape index (κ3) is 4.77. The SMILES string of the molecule is COCC(C)CNC(=O)c1cc(Br)ccc1Br. The van der Waals surface area contributed by atoms with Crippen molar-refractivity contribution in [2.75, 3.05) is 20.3 Å². The standard InChI is InChI=1S/C12H15Br2NO2/c1-8(7-17-2)6-15-12(16)10-5-9(13)3-4-11(10)14/h3-5,8H,6-7H2,1-2H3,(H,15,16). The second-order valence-electron chi connectivity index (χ2n) is 3.89. The molecule has 3 nitrogen and oxygen atoms in total. The van der Waals surface area contributed by atoms with Crippen molar-refractivity contribution >= 4 is 37.8 Å². The Balaban J connectivity index is 2.61. The molecular weight excluding hydrogens is 350 g/mol. The number of benzene rings is 1. The Morgan fingerprint density at radius 1 is 1.47 bits per heavy atom. The number of rotatable bonds is 5. The third-order valence-electron chi connectivity index (χ3n) is 2.24. The number of carbonyl (C=O) groups excluding carboxylic acids is 1. The number of amides is 1. The summed E-state index contributed by atoms with van der Waals surface area (Å²) in [6.07, 6.45) is 0. The largest absolute Gasteiger partial charge is 0.384 e. The van der Waals surface area contributed by atoms with Gasteiger partial charge >= 0.3 is 0 Å². The van der Waals surface area contributed by atoms with Crippen LogP contribution in [0.25, 0.3) is 0 Å². The van der Waals surface area contributed by atoms with E-state index in [0.29, 0.717) is 24.6 Å². The van der Waals surface area contributed by atoms with E-state index in [9.17, 15) is 4.79 Å². The van der Waals surface area contributed by atoms with Crippen molar-refractivity contribution in [1.82, 2.24) is 5.32 Å². The number of carbonyl (C=O) groups is 1. The van der Waals surface area contributed by atoms with Crippen molar-refractivity contribution in [2.45, 2.75) is 6.92 Å². The van der Waals surface area contributed by atoms with Crippen LogP contribution in [0.4, 0.5) is 0 Å². The molecule has 0 saturated heterocycles. The van der Waals surface area contributed by atoms with E-state index < -0.39 is 0 Å². The van der Waals surface area contributed by atoms with Crippen molar-refractivity contribution in [2.24, 2.45) is 5.92 Å². The first-order chi connectivity index (χ1) is 8.04. The first-order valence-corrected chi connectivity index (χ1v) is 6.85. The molecule has 0 saturated carbocycles. The Bertz CT molecular complexity index is 396. The van der Waals surface area contributed by atoms with Crippen LogP contribution in [0.1, 0.15) is 17.3 Å². The summed E-state index contributed by atoms with van der Waals surface area (Å²) < 4.78 is 6.69. The second-order valence-corrected chi connectivity index (χ2v) is 5.66. The van der Waals surface area contributed by atoms with E-state index >= 15 is 0 Å². The van der Waals surface area contributed by atoms with Crippen molar-refractivity contribution in [3.63, 3.8) is 0 Å². The van der Waals surface area contributed by atoms with E-state index in [0.717, 1.165) is 8.95 Å². The average molecular weight is 365 g/mol. The number of nitrogens with one attached hydrogen (secondary N) is 1. The molecule has 0 aliphatic carbocycles. The second kappa shape index (κ2) is 7.13. The van der Waals surface area contributed by atoms with Gasteiger partial charge < -0.3 is 10.1 Å². The molecule has 17 heavy (non-hydrogen) atoms.